The highest BCUT2D eigenvalue weighted by Crippen LogP contribution is 2.32. The molecule has 0 aliphatic rings. The third kappa shape index (κ3) is 3.20. The molecule has 0 spiro atoms. The average molecular weight is 377 g/mol. The molecule has 0 aliphatic heterocycles. The summed E-state index contributed by atoms with van der Waals surface area (Å²) < 4.78 is 12.5. The van der Waals surface area contributed by atoms with Gasteiger partial charge in [0, 0.05) is 24.0 Å². The standard InChI is InChI=1S/C20H19N5O3/c1-4-25-11-14(10-21-25)23-19(26)16-8-12(2)22-20-17(16)18(24-28-20)13-6-5-7-15(9-13)27-3/h5-11H,4H2,1-3H3,(H,23,26). The van der Waals surface area contributed by atoms with Crippen molar-refractivity contribution < 1.29 is 14.1 Å². The number of pyridine rings is 1. The molecule has 0 saturated carbocycles. The number of aromatic nitrogens is 4. The first-order chi connectivity index (χ1) is 13.6. The van der Waals surface area contributed by atoms with E-state index in [1.165, 1.54) is 0 Å². The van der Waals surface area contributed by atoms with E-state index < -0.39 is 0 Å². The average Bonchev–Trinajstić information content (AvgIpc) is 3.34. The van der Waals surface area contributed by atoms with Gasteiger partial charge >= 0.3 is 0 Å². The number of carbonyl (C=O) groups excluding carboxylic acids is 1. The topological polar surface area (TPSA) is 95.1 Å². The molecule has 1 N–H and O–H groups in total. The van der Waals surface area contributed by atoms with Gasteiger partial charge in [-0.05, 0) is 32.0 Å². The van der Waals surface area contributed by atoms with Crippen LogP contribution in [0.5, 0.6) is 5.75 Å². The number of hydrogen-bond donors (Lipinski definition) is 1. The first-order valence-electron chi connectivity index (χ1n) is 8.84. The van der Waals surface area contributed by atoms with Crippen molar-refractivity contribution in [2.75, 3.05) is 12.4 Å². The summed E-state index contributed by atoms with van der Waals surface area (Å²) in [6.45, 7) is 4.51. The third-order valence-corrected chi connectivity index (χ3v) is 4.38. The fraction of sp³-hybridized carbons (Fsp3) is 0.200. The van der Waals surface area contributed by atoms with E-state index in [1.54, 1.807) is 37.2 Å². The van der Waals surface area contributed by atoms with Crippen LogP contribution in [0, 0.1) is 6.92 Å². The maximum absolute atomic E-state index is 13.0. The van der Waals surface area contributed by atoms with E-state index in [1.807, 2.05) is 31.2 Å². The lowest BCUT2D eigenvalue weighted by molar-refractivity contribution is 0.102. The molecule has 0 bridgehead atoms. The molecule has 0 unspecified atom stereocenters. The number of ether oxygens (including phenoxy) is 1. The van der Waals surface area contributed by atoms with Crippen LogP contribution in [0.4, 0.5) is 5.69 Å². The second-order valence-electron chi connectivity index (χ2n) is 6.29. The molecule has 0 fully saturated rings. The zero-order chi connectivity index (χ0) is 19.7. The predicted molar refractivity (Wildman–Crippen MR) is 104 cm³/mol. The molecule has 0 aliphatic carbocycles. The molecule has 0 radical (unpaired) electrons. The van der Waals surface area contributed by atoms with Crippen LogP contribution in [0.1, 0.15) is 23.0 Å². The Hall–Kier alpha value is -3.68. The molecular weight excluding hydrogens is 358 g/mol. The minimum atomic E-state index is -0.279. The Morgan fingerprint density at radius 2 is 2.18 bits per heavy atom. The number of aryl methyl sites for hydroxylation is 2. The number of anilines is 1. The normalized spacial score (nSPS) is 11.0. The van der Waals surface area contributed by atoms with Gasteiger partial charge in [-0.3, -0.25) is 9.48 Å². The van der Waals surface area contributed by atoms with Crippen molar-refractivity contribution in [3.63, 3.8) is 0 Å². The van der Waals surface area contributed by atoms with Gasteiger partial charge in [0.15, 0.2) is 0 Å². The quantitative estimate of drug-likeness (QED) is 0.570. The van der Waals surface area contributed by atoms with Crippen LogP contribution in [0.2, 0.25) is 0 Å². The number of nitrogens with zero attached hydrogens (tertiary/aromatic N) is 4. The summed E-state index contributed by atoms with van der Waals surface area (Å²) in [5.41, 5.74) is 3.34. The van der Waals surface area contributed by atoms with Gasteiger partial charge in [-0.1, -0.05) is 17.3 Å². The molecule has 4 aromatic rings. The van der Waals surface area contributed by atoms with Crippen molar-refractivity contribution >= 4 is 22.7 Å². The summed E-state index contributed by atoms with van der Waals surface area (Å²) in [6, 6.07) is 9.14. The van der Waals surface area contributed by atoms with Gasteiger partial charge in [0.2, 0.25) is 0 Å². The van der Waals surface area contributed by atoms with E-state index in [0.29, 0.717) is 39.5 Å². The fourth-order valence-corrected chi connectivity index (χ4v) is 3.02. The maximum Gasteiger partial charge on any atom is 0.259 e. The SMILES string of the molecule is CCn1cc(NC(=O)c2cc(C)nc3onc(-c4cccc(OC)c4)c23)cn1. The minimum absolute atomic E-state index is 0.279. The van der Waals surface area contributed by atoms with E-state index >= 15 is 0 Å². The van der Waals surface area contributed by atoms with Crippen molar-refractivity contribution in [2.45, 2.75) is 20.4 Å². The molecule has 0 atom stereocenters. The van der Waals surface area contributed by atoms with Crippen LogP contribution >= 0.6 is 0 Å². The van der Waals surface area contributed by atoms with Crippen molar-refractivity contribution in [3.8, 4) is 17.0 Å². The summed E-state index contributed by atoms with van der Waals surface area (Å²) in [6.07, 6.45) is 3.39. The number of carbonyl (C=O) groups is 1. The lowest BCUT2D eigenvalue weighted by Crippen LogP contribution is -2.12. The van der Waals surface area contributed by atoms with Crippen LogP contribution < -0.4 is 10.1 Å². The Morgan fingerprint density at radius 3 is 2.93 bits per heavy atom. The Morgan fingerprint density at radius 1 is 1.32 bits per heavy atom. The predicted octanol–water partition coefficient (Wildman–Crippen LogP) is 3.68. The lowest BCUT2D eigenvalue weighted by Gasteiger charge is -2.07. The molecule has 1 amide bonds. The Labute approximate surface area is 161 Å². The van der Waals surface area contributed by atoms with E-state index in [9.17, 15) is 4.79 Å². The zero-order valence-corrected chi connectivity index (χ0v) is 15.8. The van der Waals surface area contributed by atoms with Crippen LogP contribution in [-0.2, 0) is 6.54 Å². The highest BCUT2D eigenvalue weighted by Gasteiger charge is 2.21. The molecule has 142 valence electrons. The summed E-state index contributed by atoms with van der Waals surface area (Å²) in [4.78, 5) is 17.4. The molecule has 8 nitrogen and oxygen atoms in total. The second-order valence-corrected chi connectivity index (χ2v) is 6.29. The summed E-state index contributed by atoms with van der Waals surface area (Å²) >= 11 is 0. The Kier molecular flexibility index (Phi) is 4.52. The van der Waals surface area contributed by atoms with Crippen LogP contribution in [0.15, 0.2) is 47.2 Å². The largest absolute Gasteiger partial charge is 0.497 e. The Balaban J connectivity index is 1.80. The van der Waals surface area contributed by atoms with Crippen molar-refractivity contribution in [1.29, 1.82) is 0 Å². The highest BCUT2D eigenvalue weighted by molar-refractivity contribution is 6.14. The maximum atomic E-state index is 13.0. The summed E-state index contributed by atoms with van der Waals surface area (Å²) in [7, 11) is 1.60. The highest BCUT2D eigenvalue weighted by atomic mass is 16.5. The van der Waals surface area contributed by atoms with Gasteiger partial charge in [-0.2, -0.15) is 5.10 Å². The monoisotopic (exact) mass is 377 g/mol. The van der Waals surface area contributed by atoms with E-state index in [-0.39, 0.29) is 5.91 Å². The molecule has 3 heterocycles. The summed E-state index contributed by atoms with van der Waals surface area (Å²) in [5.74, 6) is 0.408. The molecule has 28 heavy (non-hydrogen) atoms. The molecule has 4 rings (SSSR count). The molecule has 0 saturated heterocycles. The van der Waals surface area contributed by atoms with Crippen molar-refractivity contribution in [2.24, 2.45) is 0 Å². The first kappa shape index (κ1) is 17.7. The molecular formula is C20H19N5O3. The Bertz CT molecular complexity index is 1160. The first-order valence-corrected chi connectivity index (χ1v) is 8.84. The zero-order valence-electron chi connectivity index (χ0n) is 15.8. The van der Waals surface area contributed by atoms with Crippen LogP contribution in [-0.4, -0.2) is 32.9 Å². The fourth-order valence-electron chi connectivity index (χ4n) is 3.02. The number of rotatable bonds is 5. The number of nitrogens with one attached hydrogen (secondary N) is 1. The molecule has 8 heteroatoms. The minimum Gasteiger partial charge on any atom is -0.497 e. The van der Waals surface area contributed by atoms with Gasteiger partial charge in [-0.15, -0.1) is 0 Å². The van der Waals surface area contributed by atoms with E-state index in [4.69, 9.17) is 9.26 Å². The smallest absolute Gasteiger partial charge is 0.259 e. The third-order valence-electron chi connectivity index (χ3n) is 4.38. The van der Waals surface area contributed by atoms with Gasteiger partial charge in [0.05, 0.1) is 29.9 Å². The van der Waals surface area contributed by atoms with Gasteiger partial charge in [0.25, 0.3) is 11.6 Å². The van der Waals surface area contributed by atoms with E-state index in [0.717, 1.165) is 12.1 Å². The van der Waals surface area contributed by atoms with Gasteiger partial charge < -0.3 is 14.6 Å². The van der Waals surface area contributed by atoms with Crippen LogP contribution in [0.25, 0.3) is 22.4 Å². The molecule has 1 aromatic carbocycles. The lowest BCUT2D eigenvalue weighted by atomic mass is 10.0. The summed E-state index contributed by atoms with van der Waals surface area (Å²) in [5, 5.41) is 11.8. The van der Waals surface area contributed by atoms with Gasteiger partial charge in [-0.25, -0.2) is 4.98 Å². The number of amides is 1. The van der Waals surface area contributed by atoms with E-state index in [2.05, 4.69) is 20.6 Å². The number of methoxy groups -OCH3 is 1. The van der Waals surface area contributed by atoms with Gasteiger partial charge in [0.1, 0.15) is 11.4 Å². The second kappa shape index (κ2) is 7.15. The van der Waals surface area contributed by atoms with Crippen molar-refractivity contribution in [1.82, 2.24) is 19.9 Å². The van der Waals surface area contributed by atoms with Crippen LogP contribution in [0.3, 0.4) is 0 Å². The molecule has 3 aromatic heterocycles. The number of benzene rings is 1. The number of fused-ring (bicyclic) bond motifs is 1. The van der Waals surface area contributed by atoms with Crippen molar-refractivity contribution in [3.05, 3.63) is 54.0 Å². The number of hydrogen-bond acceptors (Lipinski definition) is 6.